The highest BCUT2D eigenvalue weighted by Gasteiger charge is 2.28. The highest BCUT2D eigenvalue weighted by molar-refractivity contribution is 7.79. The van der Waals surface area contributed by atoms with E-state index >= 15 is 0 Å². The van der Waals surface area contributed by atoms with E-state index in [2.05, 4.69) is 121 Å². The maximum Gasteiger partial charge on any atom is 0.357 e. The van der Waals surface area contributed by atoms with Crippen LogP contribution in [0.2, 0.25) is 0 Å². The van der Waals surface area contributed by atoms with E-state index in [0.29, 0.717) is 22.3 Å². The molecular weight excluding hydrogens is 838 g/mol. The number of rotatable bonds is 4. The van der Waals surface area contributed by atoms with Crippen LogP contribution < -0.4 is 42.4 Å². The topological polar surface area (TPSA) is 114 Å². The molecule has 6 aromatic rings. The lowest BCUT2D eigenvalue weighted by atomic mass is 9.84. The summed E-state index contributed by atoms with van der Waals surface area (Å²) in [5, 5.41) is 0. The molecule has 0 unspecified atom stereocenters. The van der Waals surface area contributed by atoms with Crippen molar-refractivity contribution >= 4 is 22.0 Å². The smallest absolute Gasteiger partial charge is 0.357 e. The zero-order chi connectivity index (χ0) is 33.5. The van der Waals surface area contributed by atoms with Gasteiger partial charge in [0, 0.05) is 32.7 Å². The van der Waals surface area contributed by atoms with Crippen LogP contribution >= 0.6 is 0 Å². The highest BCUT2D eigenvalue weighted by atomic mass is 127. The Bertz CT molecular complexity index is 1720. The van der Waals surface area contributed by atoms with E-state index < -0.39 is 10.4 Å². The zero-order valence-electron chi connectivity index (χ0n) is 24.8. The van der Waals surface area contributed by atoms with Gasteiger partial charge in [0.1, 0.15) is 0 Å². The Morgan fingerprint density at radius 3 is 0.702 bits per heavy atom. The van der Waals surface area contributed by atoms with Crippen molar-refractivity contribution in [1.82, 2.24) is 0 Å². The van der Waals surface area contributed by atoms with Gasteiger partial charge in [0.05, 0.1) is 0 Å². The van der Waals surface area contributed by atoms with Crippen LogP contribution in [0.15, 0.2) is 170 Å². The van der Waals surface area contributed by atoms with Gasteiger partial charge in [0.2, 0.25) is 0 Å². The molecule has 0 aromatic heterocycles. The Morgan fingerprint density at radius 1 is 0.340 bits per heavy atom. The van der Waals surface area contributed by atoms with E-state index in [0.717, 1.165) is 0 Å². The fraction of sp³-hybridized carbons (Fsp3) is 0. The molecule has 1 aliphatic rings. The zero-order valence-corrected chi connectivity index (χ0v) is 29.9. The van der Waals surface area contributed by atoms with E-state index in [1.54, 1.807) is 48.5 Å². The molecule has 0 spiro atoms. The van der Waals surface area contributed by atoms with Gasteiger partial charge in [-0.25, -0.2) is 0 Å². The monoisotopic (exact) mass is 866 g/mol. The van der Waals surface area contributed by atoms with Crippen LogP contribution in [-0.2, 0) is 10.4 Å². The number of hydrogen-bond donors (Lipinski definition) is 0. The van der Waals surface area contributed by atoms with E-state index in [1.807, 2.05) is 0 Å². The summed E-state index contributed by atoms with van der Waals surface area (Å²) in [5.41, 5.74) is 2.02. The van der Waals surface area contributed by atoms with Gasteiger partial charge in [-0.15, -0.1) is 0 Å². The summed E-state index contributed by atoms with van der Waals surface area (Å²) in [6.45, 7) is 0. The van der Waals surface area contributed by atoms with Crippen LogP contribution in [0, 0.1) is 14.3 Å². The van der Waals surface area contributed by atoms with Crippen LogP contribution in [-0.4, -0.2) is 29.1 Å². The first-order valence-electron chi connectivity index (χ1n) is 14.1. The predicted octanol–water partition coefficient (Wildman–Crippen LogP) is 0.754. The molecule has 0 aliphatic heterocycles. The maximum atomic E-state index is 12.1. The first-order chi connectivity index (χ1) is 22.7. The lowest BCUT2D eigenvalue weighted by Crippen LogP contribution is -3.61. The van der Waals surface area contributed by atoms with Gasteiger partial charge in [-0.1, -0.05) is 121 Å². The molecule has 7 rings (SSSR count). The Hall–Kier alpha value is -4.01. The van der Waals surface area contributed by atoms with Crippen LogP contribution in [0.1, 0.15) is 31.8 Å². The lowest BCUT2D eigenvalue weighted by Gasteiger charge is -2.16. The van der Waals surface area contributed by atoms with Crippen LogP contribution in [0.25, 0.3) is 0 Å². The number of fused-ring (bicyclic) bond motifs is 2. The molecule has 0 atom stereocenters. The summed E-state index contributed by atoms with van der Waals surface area (Å²) in [6.07, 6.45) is 0. The summed E-state index contributed by atoms with van der Waals surface area (Å²) in [4.78, 5) is 24.2. The molecule has 236 valence electrons. The van der Waals surface area contributed by atoms with E-state index in [9.17, 15) is 9.59 Å². The SMILES string of the molecule is O=C1c2ccccc2C(=O)c2ccccc21.O=S(=O)([O-])[O-].c1ccc([I+]c2ccccc2)cc1.c1ccc([I+]c2ccccc2)cc1. The molecule has 0 saturated heterocycles. The van der Waals surface area contributed by atoms with Crippen molar-refractivity contribution in [3.63, 3.8) is 0 Å². The molecule has 0 fully saturated rings. The van der Waals surface area contributed by atoms with E-state index in [4.69, 9.17) is 17.5 Å². The molecule has 0 radical (unpaired) electrons. The Balaban J connectivity index is 0.000000150. The summed E-state index contributed by atoms with van der Waals surface area (Å²) >= 11 is 0.0574. The van der Waals surface area contributed by atoms with Crippen molar-refractivity contribution in [1.29, 1.82) is 0 Å². The number of ketones is 2. The third-order valence-electron chi connectivity index (χ3n) is 6.20. The molecule has 0 saturated carbocycles. The quantitative estimate of drug-likeness (QED) is 0.147. The summed E-state index contributed by atoms with van der Waals surface area (Å²) < 4.78 is 40.0. The highest BCUT2D eigenvalue weighted by Crippen LogP contribution is 2.26. The minimum Gasteiger partial charge on any atom is -0.759 e. The molecule has 1 aliphatic carbocycles. The van der Waals surface area contributed by atoms with Gasteiger partial charge in [-0.05, 0) is 48.5 Å². The molecule has 0 N–H and O–H groups in total. The normalized spacial score (nSPS) is 11.2. The molecule has 6 aromatic carbocycles. The summed E-state index contributed by atoms with van der Waals surface area (Å²) in [7, 11) is -5.17. The fourth-order valence-corrected chi connectivity index (χ4v) is 8.75. The van der Waals surface area contributed by atoms with E-state index in [-0.39, 0.29) is 54.0 Å². The third-order valence-corrected chi connectivity index (χ3v) is 11.6. The number of halogens is 2. The van der Waals surface area contributed by atoms with Gasteiger partial charge in [0.15, 0.2) is 25.8 Å². The van der Waals surface area contributed by atoms with Gasteiger partial charge in [0.25, 0.3) is 0 Å². The van der Waals surface area contributed by atoms with E-state index in [1.165, 1.54) is 14.3 Å². The summed E-state index contributed by atoms with van der Waals surface area (Å²) in [5.74, 6) is -0.128. The number of carbonyl (C=O) groups is 2. The molecule has 0 bridgehead atoms. The Labute approximate surface area is 295 Å². The Morgan fingerprint density at radius 2 is 0.511 bits per heavy atom. The van der Waals surface area contributed by atoms with Crippen LogP contribution in [0.4, 0.5) is 0 Å². The molecule has 47 heavy (non-hydrogen) atoms. The van der Waals surface area contributed by atoms with Gasteiger partial charge >= 0.3 is 42.4 Å². The Kier molecular flexibility index (Phi) is 14.0. The van der Waals surface area contributed by atoms with Crippen LogP contribution in [0.5, 0.6) is 0 Å². The van der Waals surface area contributed by atoms with Crippen molar-refractivity contribution < 1.29 is 69.5 Å². The molecule has 9 heteroatoms. The van der Waals surface area contributed by atoms with Crippen molar-refractivity contribution in [2.45, 2.75) is 0 Å². The van der Waals surface area contributed by atoms with Crippen molar-refractivity contribution in [3.05, 3.63) is 206 Å². The molecule has 0 amide bonds. The first kappa shape index (κ1) is 35.8. The van der Waals surface area contributed by atoms with Crippen molar-refractivity contribution in [2.24, 2.45) is 0 Å². The van der Waals surface area contributed by atoms with Gasteiger partial charge in [-0.3, -0.25) is 18.0 Å². The van der Waals surface area contributed by atoms with Crippen LogP contribution in [0.3, 0.4) is 0 Å². The number of hydrogen-bond acceptors (Lipinski definition) is 6. The second-order valence-corrected chi connectivity index (χ2v) is 16.4. The second-order valence-electron chi connectivity index (χ2n) is 9.53. The van der Waals surface area contributed by atoms with Gasteiger partial charge in [-0.2, -0.15) is 0 Å². The van der Waals surface area contributed by atoms with Crippen molar-refractivity contribution in [2.75, 3.05) is 0 Å². The largest absolute Gasteiger partial charge is 0.759 e. The molecular formula is C38H28I2O6S. The molecule has 6 nitrogen and oxygen atoms in total. The average Bonchev–Trinajstić information content (AvgIpc) is 3.09. The standard InChI is InChI=1S/C14H8O2.2C12H10I.H2O4S/c15-13-9-5-1-2-6-10(9)14(16)12-8-4-3-7-11(12)13;2*1-3-7-11(8-4-1)13-12-9-5-2-6-10-12;1-5(2,3)4/h1-8H;2*1-10H;(H2,1,2,3,4)/q;2*+1;/p-2. The average molecular weight is 867 g/mol. The minimum atomic E-state index is -5.17. The number of benzene rings is 6. The second kappa shape index (κ2) is 18.4. The first-order valence-corrected chi connectivity index (χ1v) is 19.8. The summed E-state index contributed by atoms with van der Waals surface area (Å²) in [6, 6.07) is 56.7. The maximum absolute atomic E-state index is 12.1. The molecule has 0 heterocycles. The fourth-order valence-electron chi connectivity index (χ4n) is 4.21. The van der Waals surface area contributed by atoms with Crippen molar-refractivity contribution in [3.8, 4) is 0 Å². The number of carbonyl (C=O) groups excluding carboxylic acids is 2. The predicted molar refractivity (Wildman–Crippen MR) is 171 cm³/mol. The minimum absolute atomic E-state index is 0.0287. The van der Waals surface area contributed by atoms with Gasteiger partial charge < -0.3 is 9.11 Å². The third kappa shape index (κ3) is 12.3. The lowest BCUT2D eigenvalue weighted by molar-refractivity contribution is -0.597.